The van der Waals surface area contributed by atoms with Crippen molar-refractivity contribution in [3.63, 3.8) is 0 Å². The zero-order valence-corrected chi connectivity index (χ0v) is 15.3. The highest BCUT2D eigenvalue weighted by Gasteiger charge is 2.47. The quantitative estimate of drug-likeness (QED) is 0.357. The highest BCUT2D eigenvalue weighted by molar-refractivity contribution is 5.97. The normalized spacial score (nSPS) is 24.4. The monoisotopic (exact) mass is 373 g/mol. The van der Waals surface area contributed by atoms with Crippen LogP contribution in [0.25, 0.3) is 0 Å². The number of oxime groups is 1. The van der Waals surface area contributed by atoms with Crippen LogP contribution in [0.4, 0.5) is 13.2 Å². The number of ether oxygens (including phenoxy) is 1. The van der Waals surface area contributed by atoms with Gasteiger partial charge in [0.15, 0.2) is 5.60 Å². The third-order valence-electron chi connectivity index (χ3n) is 4.00. The highest BCUT2D eigenvalue weighted by atomic mass is 19.4. The van der Waals surface area contributed by atoms with Crippen molar-refractivity contribution in [1.82, 2.24) is 0 Å². The summed E-state index contributed by atoms with van der Waals surface area (Å²) in [5, 5.41) is 14.8. The van der Waals surface area contributed by atoms with Gasteiger partial charge in [0.05, 0.1) is 12.3 Å². The summed E-state index contributed by atoms with van der Waals surface area (Å²) in [5.41, 5.74) is -3.28. The second kappa shape index (κ2) is 7.96. The van der Waals surface area contributed by atoms with E-state index >= 15 is 0 Å². The average Bonchev–Trinajstić information content (AvgIpc) is 2.48. The fourth-order valence-corrected chi connectivity index (χ4v) is 2.61. The molecule has 0 aliphatic heterocycles. The van der Waals surface area contributed by atoms with Crippen LogP contribution in [-0.4, -0.2) is 42.3 Å². The zero-order chi connectivity index (χ0) is 20.2. The maximum atomic E-state index is 13.1. The topological polar surface area (TPSA) is 68.1 Å². The van der Waals surface area contributed by atoms with E-state index in [9.17, 15) is 23.1 Å². The number of alkyl halides is 3. The van der Waals surface area contributed by atoms with Crippen LogP contribution in [0.1, 0.15) is 34.1 Å². The molecule has 0 aromatic heterocycles. The summed E-state index contributed by atoms with van der Waals surface area (Å²) in [6.45, 7) is 6.28. The summed E-state index contributed by atoms with van der Waals surface area (Å²) in [5.74, 6) is 3.07. The molecule has 5 nitrogen and oxygen atoms in total. The second-order valence-electron chi connectivity index (χ2n) is 6.42. The van der Waals surface area contributed by atoms with E-state index in [-0.39, 0.29) is 19.1 Å². The van der Waals surface area contributed by atoms with Crippen LogP contribution in [0.5, 0.6) is 0 Å². The Morgan fingerprint density at radius 3 is 2.54 bits per heavy atom. The standard InChI is InChI=1S/C18H22F3NO4/c1-6-26-15(23)10-13(18(19,20)21)7-8-17(24)12(2)9-14(22-25-5)11-16(17,3)4/h9-10,24H,6,11H2,1-5H3/b13-10+,22-14?. The number of halogens is 3. The number of nitrogens with zero attached hydrogens (tertiary/aromatic N) is 1. The summed E-state index contributed by atoms with van der Waals surface area (Å²) in [7, 11) is 1.37. The van der Waals surface area contributed by atoms with E-state index in [1.54, 1.807) is 20.8 Å². The van der Waals surface area contributed by atoms with Crippen LogP contribution < -0.4 is 0 Å². The number of aliphatic hydroxyl groups is 1. The predicted octanol–water partition coefficient (Wildman–Crippen LogP) is 3.15. The summed E-state index contributed by atoms with van der Waals surface area (Å²) in [4.78, 5) is 16.1. The minimum Gasteiger partial charge on any atom is -0.463 e. The molecular weight excluding hydrogens is 351 g/mol. The van der Waals surface area contributed by atoms with Gasteiger partial charge in [-0.2, -0.15) is 13.2 Å². The lowest BCUT2D eigenvalue weighted by Crippen LogP contribution is -2.48. The number of esters is 1. The van der Waals surface area contributed by atoms with Gasteiger partial charge in [-0.15, -0.1) is 0 Å². The lowest BCUT2D eigenvalue weighted by atomic mass is 9.65. The first-order valence-electron chi connectivity index (χ1n) is 7.87. The second-order valence-corrected chi connectivity index (χ2v) is 6.42. The minimum atomic E-state index is -4.85. The van der Waals surface area contributed by atoms with Crippen molar-refractivity contribution in [2.75, 3.05) is 13.7 Å². The molecule has 0 saturated carbocycles. The third-order valence-corrected chi connectivity index (χ3v) is 4.00. The summed E-state index contributed by atoms with van der Waals surface area (Å²) in [6, 6.07) is 0. The van der Waals surface area contributed by atoms with E-state index < -0.39 is 28.7 Å². The Morgan fingerprint density at radius 2 is 2.08 bits per heavy atom. The molecule has 0 saturated heterocycles. The van der Waals surface area contributed by atoms with Gasteiger partial charge in [0.25, 0.3) is 0 Å². The Balaban J connectivity index is 3.40. The van der Waals surface area contributed by atoms with E-state index in [1.807, 2.05) is 5.92 Å². The Morgan fingerprint density at radius 1 is 1.46 bits per heavy atom. The van der Waals surface area contributed by atoms with Gasteiger partial charge < -0.3 is 14.7 Å². The van der Waals surface area contributed by atoms with Gasteiger partial charge in [-0.1, -0.05) is 30.8 Å². The molecule has 1 aliphatic carbocycles. The van der Waals surface area contributed by atoms with Gasteiger partial charge in [-0.05, 0) is 25.5 Å². The molecule has 0 fully saturated rings. The Kier molecular flexibility index (Phi) is 6.66. The lowest BCUT2D eigenvalue weighted by Gasteiger charge is -2.42. The SMILES string of the molecule is CCOC(=O)/C=C(\C#CC1(O)C(C)=CC(=NOC)CC1(C)C)C(F)(F)F. The highest BCUT2D eigenvalue weighted by Crippen LogP contribution is 2.43. The molecule has 1 atom stereocenters. The molecule has 0 bridgehead atoms. The molecule has 0 amide bonds. The van der Waals surface area contributed by atoms with E-state index in [0.717, 1.165) is 0 Å². The molecule has 26 heavy (non-hydrogen) atoms. The Labute approximate surface area is 150 Å². The molecule has 0 aromatic carbocycles. The van der Waals surface area contributed by atoms with Crippen molar-refractivity contribution < 1.29 is 32.6 Å². The molecule has 144 valence electrons. The molecule has 0 aromatic rings. The number of carbonyl (C=O) groups is 1. The first-order valence-corrected chi connectivity index (χ1v) is 7.87. The van der Waals surface area contributed by atoms with Gasteiger partial charge >= 0.3 is 12.1 Å². The molecule has 8 heteroatoms. The molecular formula is C18H22F3NO4. The minimum absolute atomic E-state index is 0.0612. The molecule has 1 aliphatic rings. The van der Waals surface area contributed by atoms with Crippen LogP contribution in [0, 0.1) is 17.3 Å². The van der Waals surface area contributed by atoms with E-state index in [4.69, 9.17) is 4.84 Å². The van der Waals surface area contributed by atoms with Crippen molar-refractivity contribution in [2.24, 2.45) is 10.6 Å². The van der Waals surface area contributed by atoms with Gasteiger partial charge in [0.1, 0.15) is 12.7 Å². The fraction of sp³-hybridized carbons (Fsp3) is 0.556. The first kappa shape index (κ1) is 21.8. The third kappa shape index (κ3) is 4.88. The van der Waals surface area contributed by atoms with Crippen molar-refractivity contribution in [3.8, 4) is 11.8 Å². The Hall–Kier alpha value is -2.27. The van der Waals surface area contributed by atoms with E-state index in [1.165, 1.54) is 20.1 Å². The number of rotatable bonds is 3. The van der Waals surface area contributed by atoms with E-state index in [2.05, 4.69) is 15.8 Å². The number of carbonyl (C=O) groups excluding carboxylic acids is 1. The molecule has 0 spiro atoms. The number of hydrogen-bond donors (Lipinski definition) is 1. The summed E-state index contributed by atoms with van der Waals surface area (Å²) < 4.78 is 43.9. The van der Waals surface area contributed by atoms with Gasteiger partial charge in [0.2, 0.25) is 0 Å². The molecule has 1 unspecified atom stereocenters. The first-order chi connectivity index (χ1) is 11.9. The maximum Gasteiger partial charge on any atom is 0.424 e. The van der Waals surface area contributed by atoms with Crippen LogP contribution in [0.3, 0.4) is 0 Å². The zero-order valence-electron chi connectivity index (χ0n) is 15.3. The van der Waals surface area contributed by atoms with Crippen molar-refractivity contribution in [2.45, 2.75) is 45.9 Å². The summed E-state index contributed by atoms with van der Waals surface area (Å²) >= 11 is 0. The maximum absolute atomic E-state index is 13.1. The fourth-order valence-electron chi connectivity index (χ4n) is 2.61. The van der Waals surface area contributed by atoms with Crippen LogP contribution in [0.15, 0.2) is 28.5 Å². The van der Waals surface area contributed by atoms with Crippen molar-refractivity contribution >= 4 is 11.7 Å². The van der Waals surface area contributed by atoms with Gasteiger partial charge in [0, 0.05) is 17.9 Å². The van der Waals surface area contributed by atoms with E-state index in [0.29, 0.717) is 11.3 Å². The van der Waals surface area contributed by atoms with Crippen LogP contribution in [-0.2, 0) is 14.4 Å². The van der Waals surface area contributed by atoms with Crippen molar-refractivity contribution in [3.05, 3.63) is 23.3 Å². The molecule has 1 N–H and O–H groups in total. The predicted molar refractivity (Wildman–Crippen MR) is 90.1 cm³/mol. The average molecular weight is 373 g/mol. The summed E-state index contributed by atoms with van der Waals surface area (Å²) in [6.07, 6.45) is -2.81. The Bertz CT molecular complexity index is 708. The smallest absolute Gasteiger partial charge is 0.424 e. The number of allylic oxidation sites excluding steroid dienone is 2. The molecule has 0 heterocycles. The van der Waals surface area contributed by atoms with Crippen LogP contribution in [0.2, 0.25) is 0 Å². The number of hydrogen-bond acceptors (Lipinski definition) is 5. The van der Waals surface area contributed by atoms with Crippen LogP contribution >= 0.6 is 0 Å². The lowest BCUT2D eigenvalue weighted by molar-refractivity contribution is -0.138. The van der Waals surface area contributed by atoms with Gasteiger partial charge in [-0.3, -0.25) is 0 Å². The molecule has 1 rings (SSSR count). The van der Waals surface area contributed by atoms with Gasteiger partial charge in [-0.25, -0.2) is 4.79 Å². The molecule has 0 radical (unpaired) electrons. The largest absolute Gasteiger partial charge is 0.463 e. The van der Waals surface area contributed by atoms with Crippen molar-refractivity contribution in [1.29, 1.82) is 0 Å².